The van der Waals surface area contributed by atoms with Crippen molar-refractivity contribution in [1.82, 2.24) is 15.5 Å². The number of rotatable bonds is 6. The van der Waals surface area contributed by atoms with Gasteiger partial charge >= 0.3 is 0 Å². The molecular formula is C13H28ClN3O. The summed E-state index contributed by atoms with van der Waals surface area (Å²) in [5.41, 5.74) is 0. The highest BCUT2D eigenvalue weighted by Gasteiger charge is 2.16. The zero-order valence-corrected chi connectivity index (χ0v) is 12.7. The Bertz CT molecular complexity index is 232. The Labute approximate surface area is 117 Å². The van der Waals surface area contributed by atoms with Crippen LogP contribution in [0.1, 0.15) is 26.2 Å². The van der Waals surface area contributed by atoms with E-state index in [1.54, 1.807) is 7.05 Å². The molecule has 0 aromatic rings. The van der Waals surface area contributed by atoms with Crippen molar-refractivity contribution in [3.05, 3.63) is 0 Å². The predicted molar refractivity (Wildman–Crippen MR) is 78.2 cm³/mol. The second-order valence-electron chi connectivity index (χ2n) is 5.26. The fraction of sp³-hybridized carbons (Fsp3) is 0.923. The van der Waals surface area contributed by atoms with Gasteiger partial charge in [0.1, 0.15) is 0 Å². The number of amides is 1. The van der Waals surface area contributed by atoms with Gasteiger partial charge in [0.25, 0.3) is 0 Å². The molecule has 0 aromatic heterocycles. The zero-order valence-electron chi connectivity index (χ0n) is 11.9. The highest BCUT2D eigenvalue weighted by Crippen LogP contribution is 2.16. The van der Waals surface area contributed by atoms with Crippen LogP contribution in [0.25, 0.3) is 0 Å². The number of nitrogens with zero attached hydrogens (tertiary/aromatic N) is 1. The van der Waals surface area contributed by atoms with Gasteiger partial charge in [0, 0.05) is 19.5 Å². The van der Waals surface area contributed by atoms with E-state index in [9.17, 15) is 4.79 Å². The van der Waals surface area contributed by atoms with Crippen molar-refractivity contribution < 1.29 is 4.79 Å². The van der Waals surface area contributed by atoms with Crippen LogP contribution in [0.15, 0.2) is 0 Å². The largest absolute Gasteiger partial charge is 0.359 e. The Hall–Kier alpha value is -0.320. The molecule has 1 amide bonds. The van der Waals surface area contributed by atoms with E-state index < -0.39 is 0 Å². The fourth-order valence-corrected chi connectivity index (χ4v) is 2.46. The maximum absolute atomic E-state index is 11.4. The van der Waals surface area contributed by atoms with Crippen LogP contribution in [0.2, 0.25) is 0 Å². The Morgan fingerprint density at radius 3 is 2.61 bits per heavy atom. The number of carbonyl (C=O) groups excluding carboxylic acids is 1. The molecule has 1 saturated heterocycles. The number of carbonyl (C=O) groups is 1. The second-order valence-corrected chi connectivity index (χ2v) is 5.26. The van der Waals surface area contributed by atoms with Gasteiger partial charge in [-0.15, -0.1) is 12.4 Å². The molecule has 0 bridgehead atoms. The molecule has 18 heavy (non-hydrogen) atoms. The van der Waals surface area contributed by atoms with Gasteiger partial charge in [-0.25, -0.2) is 0 Å². The van der Waals surface area contributed by atoms with Crippen molar-refractivity contribution in [2.45, 2.75) is 26.2 Å². The van der Waals surface area contributed by atoms with Gasteiger partial charge in [0.2, 0.25) is 5.91 Å². The van der Waals surface area contributed by atoms with Gasteiger partial charge in [0.15, 0.2) is 0 Å². The summed E-state index contributed by atoms with van der Waals surface area (Å²) in [7, 11) is 3.81. The molecular weight excluding hydrogens is 250 g/mol. The summed E-state index contributed by atoms with van der Waals surface area (Å²) in [5.74, 6) is 1.09. The third-order valence-electron chi connectivity index (χ3n) is 3.66. The van der Waals surface area contributed by atoms with Gasteiger partial charge < -0.3 is 15.5 Å². The molecule has 0 saturated carbocycles. The van der Waals surface area contributed by atoms with Crippen molar-refractivity contribution in [3.63, 3.8) is 0 Å². The van der Waals surface area contributed by atoms with E-state index in [2.05, 4.69) is 22.6 Å². The standard InChI is InChI=1S/C13H27N3O.ClH/c1-11(13(17)14-2)10-16(3)9-6-12-4-7-15-8-5-12;/h11-12,15H,4-10H2,1-3H3,(H,14,17);1H. The lowest BCUT2D eigenvalue weighted by molar-refractivity contribution is -0.124. The lowest BCUT2D eigenvalue weighted by atomic mass is 9.94. The summed E-state index contributed by atoms with van der Waals surface area (Å²) in [4.78, 5) is 13.7. The van der Waals surface area contributed by atoms with E-state index in [0.29, 0.717) is 0 Å². The minimum absolute atomic E-state index is 0. The zero-order chi connectivity index (χ0) is 12.7. The molecule has 0 aliphatic carbocycles. The molecule has 1 fully saturated rings. The maximum Gasteiger partial charge on any atom is 0.223 e. The summed E-state index contributed by atoms with van der Waals surface area (Å²) >= 11 is 0. The molecule has 4 nitrogen and oxygen atoms in total. The molecule has 108 valence electrons. The fourth-order valence-electron chi connectivity index (χ4n) is 2.46. The molecule has 5 heteroatoms. The summed E-state index contributed by atoms with van der Waals surface area (Å²) in [5, 5.41) is 6.09. The minimum Gasteiger partial charge on any atom is -0.359 e. The van der Waals surface area contributed by atoms with E-state index in [1.807, 2.05) is 6.92 Å². The first kappa shape index (κ1) is 17.7. The van der Waals surface area contributed by atoms with Gasteiger partial charge in [-0.2, -0.15) is 0 Å². The van der Waals surface area contributed by atoms with Crippen molar-refractivity contribution in [1.29, 1.82) is 0 Å². The molecule has 1 heterocycles. The van der Waals surface area contributed by atoms with Crippen LogP contribution in [0.4, 0.5) is 0 Å². The number of nitrogens with one attached hydrogen (secondary N) is 2. The van der Waals surface area contributed by atoms with Crippen molar-refractivity contribution in [2.75, 3.05) is 40.3 Å². The first-order chi connectivity index (χ1) is 8.13. The SMILES string of the molecule is CNC(=O)C(C)CN(C)CCC1CCNCC1.Cl. The molecule has 1 aliphatic rings. The van der Waals surface area contributed by atoms with Crippen LogP contribution in [-0.4, -0.2) is 51.1 Å². The normalized spacial score (nSPS) is 18.2. The summed E-state index contributed by atoms with van der Waals surface area (Å²) < 4.78 is 0. The number of piperidine rings is 1. The lowest BCUT2D eigenvalue weighted by Crippen LogP contribution is -2.36. The first-order valence-corrected chi connectivity index (χ1v) is 6.74. The Kier molecular flexibility index (Phi) is 9.42. The minimum atomic E-state index is 0. The third-order valence-corrected chi connectivity index (χ3v) is 3.66. The summed E-state index contributed by atoms with van der Waals surface area (Å²) in [6, 6.07) is 0. The quantitative estimate of drug-likeness (QED) is 0.765. The molecule has 1 atom stereocenters. The maximum atomic E-state index is 11.4. The van der Waals surface area contributed by atoms with E-state index in [0.717, 1.165) is 19.0 Å². The van der Waals surface area contributed by atoms with Crippen molar-refractivity contribution in [3.8, 4) is 0 Å². The third kappa shape index (κ3) is 6.57. The van der Waals surface area contributed by atoms with Crippen LogP contribution in [-0.2, 0) is 4.79 Å². The Morgan fingerprint density at radius 1 is 1.44 bits per heavy atom. The molecule has 0 radical (unpaired) electrons. The Balaban J connectivity index is 0.00000289. The lowest BCUT2D eigenvalue weighted by Gasteiger charge is -2.26. The Morgan fingerprint density at radius 2 is 2.06 bits per heavy atom. The van der Waals surface area contributed by atoms with E-state index in [1.165, 1.54) is 32.4 Å². The van der Waals surface area contributed by atoms with Gasteiger partial charge in [-0.1, -0.05) is 6.92 Å². The van der Waals surface area contributed by atoms with Crippen LogP contribution in [0.3, 0.4) is 0 Å². The molecule has 1 rings (SSSR count). The highest BCUT2D eigenvalue weighted by atomic mass is 35.5. The molecule has 2 N–H and O–H groups in total. The number of hydrogen-bond acceptors (Lipinski definition) is 3. The summed E-state index contributed by atoms with van der Waals surface area (Å²) in [6.45, 7) is 6.28. The van der Waals surface area contributed by atoms with Gasteiger partial charge in [-0.3, -0.25) is 4.79 Å². The molecule has 0 aromatic carbocycles. The van der Waals surface area contributed by atoms with E-state index in [4.69, 9.17) is 0 Å². The van der Waals surface area contributed by atoms with Crippen LogP contribution in [0.5, 0.6) is 0 Å². The van der Waals surface area contributed by atoms with Crippen LogP contribution in [0, 0.1) is 11.8 Å². The molecule has 0 spiro atoms. The number of hydrogen-bond donors (Lipinski definition) is 2. The van der Waals surface area contributed by atoms with Gasteiger partial charge in [0.05, 0.1) is 0 Å². The average molecular weight is 278 g/mol. The molecule has 1 unspecified atom stereocenters. The van der Waals surface area contributed by atoms with Crippen LogP contribution < -0.4 is 10.6 Å². The van der Waals surface area contributed by atoms with E-state index in [-0.39, 0.29) is 24.2 Å². The first-order valence-electron chi connectivity index (χ1n) is 6.74. The monoisotopic (exact) mass is 277 g/mol. The molecule has 1 aliphatic heterocycles. The topological polar surface area (TPSA) is 44.4 Å². The van der Waals surface area contributed by atoms with Gasteiger partial charge in [-0.05, 0) is 51.9 Å². The van der Waals surface area contributed by atoms with Crippen LogP contribution >= 0.6 is 12.4 Å². The van der Waals surface area contributed by atoms with Crippen molar-refractivity contribution in [2.24, 2.45) is 11.8 Å². The summed E-state index contributed by atoms with van der Waals surface area (Å²) in [6.07, 6.45) is 3.87. The predicted octanol–water partition coefficient (Wildman–Crippen LogP) is 1.11. The number of halogens is 1. The highest BCUT2D eigenvalue weighted by molar-refractivity contribution is 5.85. The average Bonchev–Trinajstić information content (AvgIpc) is 2.36. The second kappa shape index (κ2) is 9.59. The van der Waals surface area contributed by atoms with E-state index >= 15 is 0 Å². The van der Waals surface area contributed by atoms with Crippen molar-refractivity contribution >= 4 is 18.3 Å². The smallest absolute Gasteiger partial charge is 0.223 e.